The molecule has 1 saturated heterocycles. The van der Waals surface area contributed by atoms with Gasteiger partial charge in [-0.05, 0) is 30.7 Å². The second-order valence-corrected chi connectivity index (χ2v) is 7.73. The Kier molecular flexibility index (Phi) is 6.11. The lowest BCUT2D eigenvalue weighted by molar-refractivity contribution is -0.131. The maximum Gasteiger partial charge on any atom is 0.226 e. The van der Waals surface area contributed by atoms with Crippen LogP contribution in [0.5, 0.6) is 5.75 Å². The van der Waals surface area contributed by atoms with Gasteiger partial charge in [0.1, 0.15) is 10.8 Å². The number of benzene rings is 2. The number of hydrogen-bond acceptors (Lipinski definition) is 4. The van der Waals surface area contributed by atoms with Crippen molar-refractivity contribution < 1.29 is 9.53 Å². The highest BCUT2D eigenvalue weighted by molar-refractivity contribution is 6.42. The Hall–Kier alpha value is -2.44. The van der Waals surface area contributed by atoms with Crippen LogP contribution in [-0.4, -0.2) is 53.6 Å². The van der Waals surface area contributed by atoms with Crippen LogP contribution >= 0.6 is 23.2 Å². The second-order valence-electron chi connectivity index (χ2n) is 6.95. The smallest absolute Gasteiger partial charge is 0.226 e. The molecule has 4 rings (SSSR count). The van der Waals surface area contributed by atoms with Gasteiger partial charge in [0.25, 0.3) is 0 Å². The molecule has 29 heavy (non-hydrogen) atoms. The molecule has 152 valence electrons. The summed E-state index contributed by atoms with van der Waals surface area (Å²) in [5.41, 5.74) is 1.98. The first-order valence-electron chi connectivity index (χ1n) is 9.66. The summed E-state index contributed by atoms with van der Waals surface area (Å²) in [6, 6.07) is 13.2. The van der Waals surface area contributed by atoms with Gasteiger partial charge in [-0.3, -0.25) is 4.79 Å². The molecular formula is C21H22Cl2N4O2. The average molecular weight is 433 g/mol. The minimum absolute atomic E-state index is 0.0783. The van der Waals surface area contributed by atoms with Crippen molar-refractivity contribution in [1.29, 1.82) is 0 Å². The Morgan fingerprint density at radius 3 is 2.79 bits per heavy atom. The predicted molar refractivity (Wildman–Crippen MR) is 116 cm³/mol. The molecule has 6 nitrogen and oxygen atoms in total. The van der Waals surface area contributed by atoms with Crippen LogP contribution in [0.15, 0.2) is 42.5 Å². The van der Waals surface area contributed by atoms with E-state index in [1.165, 1.54) is 0 Å². The number of nitrogens with one attached hydrogen (secondary N) is 1. The molecule has 0 spiro atoms. The molecule has 1 amide bonds. The van der Waals surface area contributed by atoms with Gasteiger partial charge in [0.05, 0.1) is 29.1 Å². The van der Waals surface area contributed by atoms with Gasteiger partial charge < -0.3 is 19.5 Å². The number of rotatable bonds is 5. The van der Waals surface area contributed by atoms with Crippen LogP contribution in [0.3, 0.4) is 0 Å². The van der Waals surface area contributed by atoms with Crippen LogP contribution in [-0.2, 0) is 4.79 Å². The molecule has 3 aromatic rings. The van der Waals surface area contributed by atoms with Gasteiger partial charge in [-0.1, -0.05) is 41.4 Å². The SMILES string of the molecule is O=C(CCOc1cccc(Cl)c1Cl)N1CCCN(c2nc3ccccc3[nH]2)CC1. The van der Waals surface area contributed by atoms with Gasteiger partial charge in [-0.15, -0.1) is 0 Å². The highest BCUT2D eigenvalue weighted by Crippen LogP contribution is 2.31. The molecule has 0 unspecified atom stereocenters. The molecule has 2 aromatic carbocycles. The first kappa shape index (κ1) is 19.9. The molecule has 0 bridgehead atoms. The Morgan fingerprint density at radius 2 is 1.93 bits per heavy atom. The first-order chi connectivity index (χ1) is 14.1. The topological polar surface area (TPSA) is 61.5 Å². The second kappa shape index (κ2) is 8.93. The van der Waals surface area contributed by atoms with E-state index in [9.17, 15) is 4.79 Å². The lowest BCUT2D eigenvalue weighted by atomic mass is 10.3. The molecule has 1 fully saturated rings. The molecule has 2 heterocycles. The van der Waals surface area contributed by atoms with Crippen LogP contribution in [0, 0.1) is 0 Å². The number of hydrogen-bond donors (Lipinski definition) is 1. The van der Waals surface area contributed by atoms with Crippen molar-refractivity contribution in [3.8, 4) is 5.75 Å². The lowest BCUT2D eigenvalue weighted by Gasteiger charge is -2.22. The largest absolute Gasteiger partial charge is 0.491 e. The Morgan fingerprint density at radius 1 is 1.07 bits per heavy atom. The van der Waals surface area contributed by atoms with Crippen molar-refractivity contribution in [3.63, 3.8) is 0 Å². The lowest BCUT2D eigenvalue weighted by Crippen LogP contribution is -2.36. The van der Waals surface area contributed by atoms with Crippen molar-refractivity contribution >= 4 is 46.1 Å². The van der Waals surface area contributed by atoms with Gasteiger partial charge in [-0.2, -0.15) is 0 Å². The molecular weight excluding hydrogens is 411 g/mol. The number of amides is 1. The van der Waals surface area contributed by atoms with Crippen molar-refractivity contribution in [2.75, 3.05) is 37.7 Å². The minimum Gasteiger partial charge on any atom is -0.491 e. The quantitative estimate of drug-likeness (QED) is 0.649. The van der Waals surface area contributed by atoms with Crippen molar-refractivity contribution in [1.82, 2.24) is 14.9 Å². The number of nitrogens with zero attached hydrogens (tertiary/aromatic N) is 3. The summed E-state index contributed by atoms with van der Waals surface area (Å²) in [5, 5.41) is 0.812. The van der Waals surface area contributed by atoms with E-state index >= 15 is 0 Å². The third-order valence-corrected chi connectivity index (χ3v) is 5.82. The van der Waals surface area contributed by atoms with Crippen LogP contribution in [0.1, 0.15) is 12.8 Å². The highest BCUT2D eigenvalue weighted by Gasteiger charge is 2.21. The van der Waals surface area contributed by atoms with Gasteiger partial charge in [0, 0.05) is 26.2 Å². The zero-order chi connectivity index (χ0) is 20.2. The first-order valence-corrected chi connectivity index (χ1v) is 10.4. The number of fused-ring (bicyclic) bond motifs is 1. The van der Waals surface area contributed by atoms with Crippen LogP contribution < -0.4 is 9.64 Å². The fourth-order valence-corrected chi connectivity index (χ4v) is 3.82. The number of halogens is 2. The molecule has 0 radical (unpaired) electrons. The Bertz CT molecular complexity index is 974. The zero-order valence-electron chi connectivity index (χ0n) is 15.9. The predicted octanol–water partition coefficient (Wildman–Crippen LogP) is 4.38. The van der Waals surface area contributed by atoms with Gasteiger partial charge in [0.2, 0.25) is 11.9 Å². The van der Waals surface area contributed by atoms with E-state index < -0.39 is 0 Å². The molecule has 1 aliphatic rings. The summed E-state index contributed by atoms with van der Waals surface area (Å²) >= 11 is 12.1. The van der Waals surface area contributed by atoms with Crippen molar-refractivity contribution in [3.05, 3.63) is 52.5 Å². The molecule has 1 aliphatic heterocycles. The fraction of sp³-hybridized carbons (Fsp3) is 0.333. The maximum atomic E-state index is 12.6. The van der Waals surface area contributed by atoms with Crippen molar-refractivity contribution in [2.24, 2.45) is 0 Å². The number of imidazole rings is 1. The molecule has 1 aromatic heterocycles. The third-order valence-electron chi connectivity index (χ3n) is 5.01. The summed E-state index contributed by atoms with van der Waals surface area (Å²) in [5.74, 6) is 1.44. The van der Waals surface area contributed by atoms with Crippen LogP contribution in [0.4, 0.5) is 5.95 Å². The molecule has 0 aliphatic carbocycles. The maximum absolute atomic E-state index is 12.6. The van der Waals surface area contributed by atoms with E-state index in [4.69, 9.17) is 27.9 Å². The number of ether oxygens (including phenoxy) is 1. The van der Waals surface area contributed by atoms with E-state index in [1.807, 2.05) is 29.2 Å². The van der Waals surface area contributed by atoms with Gasteiger partial charge >= 0.3 is 0 Å². The number of aromatic amines is 1. The summed E-state index contributed by atoms with van der Waals surface area (Å²) in [4.78, 5) is 24.8. The number of carbonyl (C=O) groups is 1. The van der Waals surface area contributed by atoms with E-state index in [-0.39, 0.29) is 12.5 Å². The third kappa shape index (κ3) is 4.60. The van der Waals surface area contributed by atoms with Crippen LogP contribution in [0.25, 0.3) is 11.0 Å². The highest BCUT2D eigenvalue weighted by atomic mass is 35.5. The number of para-hydroxylation sites is 2. The number of carbonyl (C=O) groups excluding carboxylic acids is 1. The average Bonchev–Trinajstić information content (AvgIpc) is 3.00. The monoisotopic (exact) mass is 432 g/mol. The normalized spacial score (nSPS) is 14.8. The van der Waals surface area contributed by atoms with E-state index in [0.717, 1.165) is 43.0 Å². The van der Waals surface area contributed by atoms with Gasteiger partial charge in [0.15, 0.2) is 0 Å². The van der Waals surface area contributed by atoms with E-state index in [1.54, 1.807) is 18.2 Å². The number of H-pyrrole nitrogens is 1. The van der Waals surface area contributed by atoms with Crippen LogP contribution in [0.2, 0.25) is 10.0 Å². The summed E-state index contributed by atoms with van der Waals surface area (Å²) < 4.78 is 5.65. The zero-order valence-corrected chi connectivity index (χ0v) is 17.4. The van der Waals surface area contributed by atoms with E-state index in [2.05, 4.69) is 14.9 Å². The number of anilines is 1. The molecule has 0 atom stereocenters. The van der Waals surface area contributed by atoms with Crippen molar-refractivity contribution in [2.45, 2.75) is 12.8 Å². The molecule has 0 saturated carbocycles. The number of aromatic nitrogens is 2. The van der Waals surface area contributed by atoms with E-state index in [0.29, 0.717) is 28.8 Å². The molecule has 1 N–H and O–H groups in total. The summed E-state index contributed by atoms with van der Waals surface area (Å²) in [6.45, 7) is 3.26. The Balaban J connectivity index is 1.31. The minimum atomic E-state index is 0.0783. The summed E-state index contributed by atoms with van der Waals surface area (Å²) in [6.07, 6.45) is 1.19. The standard InChI is InChI=1S/C21H22Cl2N4O2/c22-15-5-3-8-18(20(15)23)29-14-9-19(28)26-10-4-11-27(13-12-26)21-24-16-6-1-2-7-17(16)25-21/h1-3,5-8H,4,9-14H2,(H,24,25). The van der Waals surface area contributed by atoms with Gasteiger partial charge in [-0.25, -0.2) is 4.98 Å². The molecule has 8 heteroatoms. The fourth-order valence-electron chi connectivity index (χ4n) is 3.47. The summed E-state index contributed by atoms with van der Waals surface area (Å²) in [7, 11) is 0. The Labute approximate surface area is 179 Å².